The summed E-state index contributed by atoms with van der Waals surface area (Å²) >= 11 is 3.34. The van der Waals surface area contributed by atoms with Gasteiger partial charge in [0.05, 0.1) is 12.6 Å². The Balaban J connectivity index is 2.34. The van der Waals surface area contributed by atoms with Crippen molar-refractivity contribution in [3.63, 3.8) is 0 Å². The van der Waals surface area contributed by atoms with Gasteiger partial charge in [0.15, 0.2) is 0 Å². The fourth-order valence-electron chi connectivity index (χ4n) is 1.05. The molecule has 0 aromatic carbocycles. The first kappa shape index (κ1) is 12.3. The molecule has 0 saturated heterocycles. The summed E-state index contributed by atoms with van der Waals surface area (Å²) in [5.74, 6) is 0.480. The molecule has 5 nitrogen and oxygen atoms in total. The highest BCUT2D eigenvalue weighted by Crippen LogP contribution is 2.06. The third-order valence-electron chi connectivity index (χ3n) is 1.62. The molecule has 15 heavy (non-hydrogen) atoms. The molecule has 86 valence electrons. The summed E-state index contributed by atoms with van der Waals surface area (Å²) < 4.78 is 5.09. The van der Waals surface area contributed by atoms with Crippen LogP contribution >= 0.6 is 15.9 Å². The zero-order valence-corrected chi connectivity index (χ0v) is 10.7. The highest BCUT2D eigenvalue weighted by molar-refractivity contribution is 9.09. The van der Waals surface area contributed by atoms with E-state index in [9.17, 15) is 4.79 Å². The van der Waals surface area contributed by atoms with Crippen LogP contribution in [0.25, 0.3) is 0 Å². The normalized spacial score (nSPS) is 20.5. The molecule has 1 aliphatic heterocycles. The van der Waals surface area contributed by atoms with Crippen molar-refractivity contribution in [3.8, 4) is 0 Å². The number of nitrogens with one attached hydrogen (secondary N) is 2. The Morgan fingerprint density at radius 1 is 1.73 bits per heavy atom. The molecule has 2 N–H and O–H groups in total. The number of carbonyl (C=O) groups is 1. The second-order valence-electron chi connectivity index (χ2n) is 4.31. The number of alkyl carbamates (subject to hydrolysis) is 1. The second kappa shape index (κ2) is 4.83. The number of alkyl halides is 1. The van der Waals surface area contributed by atoms with Crippen molar-refractivity contribution in [1.29, 1.82) is 0 Å². The van der Waals surface area contributed by atoms with E-state index in [4.69, 9.17) is 4.74 Å². The number of halogens is 1. The van der Waals surface area contributed by atoms with Crippen molar-refractivity contribution in [2.75, 3.05) is 11.9 Å². The monoisotopic (exact) mass is 277 g/mol. The lowest BCUT2D eigenvalue weighted by Gasteiger charge is -2.19. The molecule has 0 aromatic heterocycles. The molecule has 1 atom stereocenters. The molecule has 0 fully saturated rings. The van der Waals surface area contributed by atoms with E-state index in [-0.39, 0.29) is 6.04 Å². The molecular formula is C9H16BrN3O2. The minimum atomic E-state index is -0.488. The lowest BCUT2D eigenvalue weighted by Crippen LogP contribution is -2.44. The zero-order valence-electron chi connectivity index (χ0n) is 9.13. The van der Waals surface area contributed by atoms with Gasteiger partial charge in [0.2, 0.25) is 5.96 Å². The summed E-state index contributed by atoms with van der Waals surface area (Å²) in [6.07, 6.45) is -0.482. The highest BCUT2D eigenvalue weighted by atomic mass is 79.9. The molecule has 1 amide bonds. The third-order valence-corrected chi connectivity index (χ3v) is 2.40. The first-order valence-electron chi connectivity index (χ1n) is 4.77. The van der Waals surface area contributed by atoms with E-state index in [1.165, 1.54) is 0 Å². The maximum atomic E-state index is 11.3. The number of amides is 1. The molecule has 6 heteroatoms. The van der Waals surface area contributed by atoms with Crippen LogP contribution in [0.5, 0.6) is 0 Å². The number of hydrogen-bond donors (Lipinski definition) is 2. The Labute approximate surface area is 97.8 Å². The van der Waals surface area contributed by atoms with E-state index in [0.717, 1.165) is 5.33 Å². The Morgan fingerprint density at radius 2 is 2.40 bits per heavy atom. The van der Waals surface area contributed by atoms with Gasteiger partial charge in [0.1, 0.15) is 5.60 Å². The summed E-state index contributed by atoms with van der Waals surface area (Å²) in [5, 5.41) is 6.41. The topological polar surface area (TPSA) is 62.7 Å². The summed E-state index contributed by atoms with van der Waals surface area (Å²) in [7, 11) is 0. The van der Waals surface area contributed by atoms with Crippen LogP contribution in [0, 0.1) is 0 Å². The van der Waals surface area contributed by atoms with E-state index >= 15 is 0 Å². The van der Waals surface area contributed by atoms with Crippen LogP contribution in [0.3, 0.4) is 0 Å². The van der Waals surface area contributed by atoms with Gasteiger partial charge in [-0.3, -0.25) is 10.3 Å². The summed E-state index contributed by atoms with van der Waals surface area (Å²) in [5.41, 5.74) is -0.488. The molecule has 1 unspecified atom stereocenters. The van der Waals surface area contributed by atoms with Gasteiger partial charge in [-0.05, 0) is 20.8 Å². The largest absolute Gasteiger partial charge is 0.444 e. The van der Waals surface area contributed by atoms with Crippen LogP contribution in [-0.2, 0) is 4.74 Å². The van der Waals surface area contributed by atoms with Gasteiger partial charge in [-0.15, -0.1) is 0 Å². The molecule has 0 aromatic rings. The Morgan fingerprint density at radius 3 is 2.87 bits per heavy atom. The van der Waals surface area contributed by atoms with E-state index in [0.29, 0.717) is 12.5 Å². The predicted octanol–water partition coefficient (Wildman–Crippen LogP) is 1.23. The van der Waals surface area contributed by atoms with Gasteiger partial charge in [-0.25, -0.2) is 4.79 Å². The number of ether oxygens (including phenoxy) is 1. The van der Waals surface area contributed by atoms with Gasteiger partial charge < -0.3 is 10.1 Å². The second-order valence-corrected chi connectivity index (χ2v) is 4.96. The highest BCUT2D eigenvalue weighted by Gasteiger charge is 2.21. The van der Waals surface area contributed by atoms with E-state index in [2.05, 4.69) is 31.6 Å². The zero-order chi connectivity index (χ0) is 11.5. The Hall–Kier alpha value is -0.780. The van der Waals surface area contributed by atoms with Gasteiger partial charge in [0.25, 0.3) is 0 Å². The van der Waals surface area contributed by atoms with Crippen molar-refractivity contribution in [1.82, 2.24) is 10.6 Å². The molecule has 0 radical (unpaired) electrons. The molecule has 0 saturated carbocycles. The summed E-state index contributed by atoms with van der Waals surface area (Å²) in [4.78, 5) is 15.5. The molecule has 1 aliphatic rings. The van der Waals surface area contributed by atoms with Crippen LogP contribution < -0.4 is 10.6 Å². The van der Waals surface area contributed by atoms with Gasteiger partial charge in [-0.2, -0.15) is 0 Å². The number of carbonyl (C=O) groups excluding carboxylic acids is 1. The van der Waals surface area contributed by atoms with Crippen LogP contribution in [0.2, 0.25) is 0 Å². The fraction of sp³-hybridized carbons (Fsp3) is 0.778. The number of rotatable bonds is 1. The van der Waals surface area contributed by atoms with E-state index in [1.807, 2.05) is 20.8 Å². The molecule has 0 spiro atoms. The smallest absolute Gasteiger partial charge is 0.414 e. The van der Waals surface area contributed by atoms with Gasteiger partial charge in [-0.1, -0.05) is 15.9 Å². The lowest BCUT2D eigenvalue weighted by atomic mass is 10.2. The van der Waals surface area contributed by atoms with Crippen LogP contribution in [-0.4, -0.2) is 35.6 Å². The lowest BCUT2D eigenvalue weighted by molar-refractivity contribution is 0.0562. The molecule has 1 heterocycles. The van der Waals surface area contributed by atoms with Crippen molar-refractivity contribution in [2.45, 2.75) is 32.4 Å². The number of guanidine groups is 1. The fourth-order valence-corrected chi connectivity index (χ4v) is 1.42. The molecule has 0 bridgehead atoms. The van der Waals surface area contributed by atoms with Crippen molar-refractivity contribution in [3.05, 3.63) is 0 Å². The van der Waals surface area contributed by atoms with E-state index in [1.54, 1.807) is 0 Å². The van der Waals surface area contributed by atoms with Crippen LogP contribution in [0.15, 0.2) is 4.99 Å². The average Bonchev–Trinajstić information content (AvgIpc) is 2.48. The number of aliphatic imine (C=N–C) groups is 1. The maximum Gasteiger partial charge on any atom is 0.414 e. The minimum absolute atomic E-state index is 0.245. The SMILES string of the molecule is CC(C)(C)OC(=O)NC1=NCC(CBr)N1. The van der Waals surface area contributed by atoms with Crippen LogP contribution in [0.4, 0.5) is 4.79 Å². The van der Waals surface area contributed by atoms with Gasteiger partial charge in [0, 0.05) is 5.33 Å². The Bertz CT molecular complexity index is 273. The Kier molecular flexibility index (Phi) is 3.96. The van der Waals surface area contributed by atoms with Gasteiger partial charge >= 0.3 is 6.09 Å². The molecular weight excluding hydrogens is 262 g/mol. The summed E-state index contributed by atoms with van der Waals surface area (Å²) in [6.45, 7) is 6.11. The average molecular weight is 278 g/mol. The minimum Gasteiger partial charge on any atom is -0.444 e. The standard InChI is InChI=1S/C9H16BrN3O2/c1-9(2,3)15-8(14)13-7-11-5-6(4-10)12-7/h6H,4-5H2,1-3H3,(H2,11,12,13,14). The van der Waals surface area contributed by atoms with Crippen molar-refractivity contribution >= 4 is 28.0 Å². The molecule has 1 rings (SSSR count). The third kappa shape index (κ3) is 4.51. The van der Waals surface area contributed by atoms with E-state index < -0.39 is 11.7 Å². The maximum absolute atomic E-state index is 11.3. The van der Waals surface area contributed by atoms with Crippen molar-refractivity contribution in [2.24, 2.45) is 4.99 Å². The number of hydrogen-bond acceptors (Lipinski definition) is 4. The van der Waals surface area contributed by atoms with Crippen molar-refractivity contribution < 1.29 is 9.53 Å². The number of nitrogens with zero attached hydrogens (tertiary/aromatic N) is 1. The van der Waals surface area contributed by atoms with Crippen LogP contribution in [0.1, 0.15) is 20.8 Å². The quantitative estimate of drug-likeness (QED) is 0.709. The predicted molar refractivity (Wildman–Crippen MR) is 62.4 cm³/mol. The summed E-state index contributed by atoms with van der Waals surface area (Å²) in [6, 6.07) is 0.245. The first-order valence-corrected chi connectivity index (χ1v) is 5.90. The molecule has 0 aliphatic carbocycles. The first-order chi connectivity index (χ1) is 6.90.